The Morgan fingerprint density at radius 2 is 1.80 bits per heavy atom. The molecule has 1 aromatic carbocycles. The minimum Gasteiger partial charge on any atom is -0.467 e. The molecule has 30 heavy (non-hydrogen) atoms. The second kappa shape index (κ2) is 9.99. The van der Waals surface area contributed by atoms with Gasteiger partial charge in [0.15, 0.2) is 6.04 Å². The summed E-state index contributed by atoms with van der Waals surface area (Å²) in [5.41, 5.74) is 1.41. The fraction of sp³-hybridized carbons (Fsp3) is 0.476. The summed E-state index contributed by atoms with van der Waals surface area (Å²) in [6, 6.07) is 7.08. The average molecular weight is 437 g/mol. The van der Waals surface area contributed by atoms with Gasteiger partial charge in [-0.25, -0.2) is 9.48 Å². The molecule has 0 aliphatic rings. The van der Waals surface area contributed by atoms with Crippen molar-refractivity contribution >= 4 is 16.1 Å². The van der Waals surface area contributed by atoms with Crippen LogP contribution >= 0.6 is 0 Å². The quantitative estimate of drug-likeness (QED) is 0.439. The summed E-state index contributed by atoms with van der Waals surface area (Å²) in [7, 11) is -2.63. The molecule has 0 aliphatic carbocycles. The first-order valence-corrected chi connectivity index (χ1v) is 11.1. The number of nitrogens with zero attached hydrogens (tertiary/aromatic N) is 2. The maximum atomic E-state index is 12.6. The van der Waals surface area contributed by atoms with E-state index in [4.69, 9.17) is 8.92 Å². The molecule has 2 rings (SSSR count). The van der Waals surface area contributed by atoms with Crippen molar-refractivity contribution in [2.75, 3.05) is 13.7 Å². The average Bonchev–Trinajstić information content (AvgIpc) is 2.68. The SMILES string of the molecule is COC(=O)[C@H](CC(C)C)n1nc(CCOS(=O)(=O)c2ccc(C)cc2)cc(C)c1=O. The molecule has 0 saturated carbocycles. The van der Waals surface area contributed by atoms with Gasteiger partial charge in [0, 0.05) is 12.0 Å². The number of hydrogen-bond donors (Lipinski definition) is 0. The van der Waals surface area contributed by atoms with Crippen molar-refractivity contribution in [1.82, 2.24) is 9.78 Å². The highest BCUT2D eigenvalue weighted by atomic mass is 32.2. The molecule has 0 amide bonds. The van der Waals surface area contributed by atoms with Crippen LogP contribution in [0.1, 0.15) is 43.1 Å². The Kier molecular flexibility index (Phi) is 7.91. The monoisotopic (exact) mass is 436 g/mol. The third-order valence-electron chi connectivity index (χ3n) is 4.53. The minimum atomic E-state index is -3.90. The van der Waals surface area contributed by atoms with Crippen LogP contribution in [0.3, 0.4) is 0 Å². The predicted molar refractivity (Wildman–Crippen MR) is 112 cm³/mol. The molecule has 0 radical (unpaired) electrons. The lowest BCUT2D eigenvalue weighted by atomic mass is 10.0. The van der Waals surface area contributed by atoms with E-state index in [0.717, 1.165) is 10.2 Å². The van der Waals surface area contributed by atoms with E-state index in [0.29, 0.717) is 17.7 Å². The second-order valence-corrected chi connectivity index (χ2v) is 9.19. The van der Waals surface area contributed by atoms with Gasteiger partial charge in [-0.05, 0) is 44.4 Å². The summed E-state index contributed by atoms with van der Waals surface area (Å²) in [4.78, 5) is 24.9. The van der Waals surface area contributed by atoms with Gasteiger partial charge in [0.2, 0.25) is 0 Å². The molecule has 0 fully saturated rings. The number of aromatic nitrogens is 2. The predicted octanol–water partition coefficient (Wildman–Crippen LogP) is 2.57. The lowest BCUT2D eigenvalue weighted by molar-refractivity contribution is -0.145. The largest absolute Gasteiger partial charge is 0.467 e. The standard InChI is InChI=1S/C21H28N2O6S/c1-14(2)12-19(21(25)28-5)23-20(24)16(4)13-17(22-23)10-11-29-30(26,27)18-8-6-15(3)7-9-18/h6-9,13-14,19H,10-12H2,1-5H3/t19-/m0/s1. The smallest absolute Gasteiger partial charge is 0.330 e. The molecule has 0 saturated heterocycles. The fourth-order valence-electron chi connectivity index (χ4n) is 2.95. The number of hydrogen-bond acceptors (Lipinski definition) is 7. The first kappa shape index (κ1) is 23.8. The molecule has 0 spiro atoms. The van der Waals surface area contributed by atoms with E-state index >= 15 is 0 Å². The van der Waals surface area contributed by atoms with Crippen molar-refractivity contribution in [2.45, 2.75) is 51.5 Å². The van der Waals surface area contributed by atoms with Gasteiger partial charge in [-0.2, -0.15) is 13.5 Å². The van der Waals surface area contributed by atoms with Crippen LogP contribution in [-0.4, -0.2) is 37.9 Å². The molecule has 0 aliphatic heterocycles. The first-order chi connectivity index (χ1) is 14.0. The van der Waals surface area contributed by atoms with Gasteiger partial charge in [0.05, 0.1) is 24.3 Å². The van der Waals surface area contributed by atoms with Crippen molar-refractivity contribution in [2.24, 2.45) is 5.92 Å². The van der Waals surface area contributed by atoms with Crippen LogP contribution in [0.5, 0.6) is 0 Å². The fourth-order valence-corrected chi connectivity index (χ4v) is 3.85. The van der Waals surface area contributed by atoms with Crippen LogP contribution in [-0.2, 0) is 30.3 Å². The summed E-state index contributed by atoms with van der Waals surface area (Å²) in [5, 5.41) is 4.29. The molecular formula is C21H28N2O6S. The molecule has 1 aromatic heterocycles. The number of rotatable bonds is 9. The van der Waals surface area contributed by atoms with Crippen LogP contribution in [0.25, 0.3) is 0 Å². The van der Waals surface area contributed by atoms with E-state index < -0.39 is 22.1 Å². The van der Waals surface area contributed by atoms with E-state index in [2.05, 4.69) is 5.10 Å². The van der Waals surface area contributed by atoms with Gasteiger partial charge in [-0.3, -0.25) is 8.98 Å². The van der Waals surface area contributed by atoms with Crippen molar-refractivity contribution in [3.05, 3.63) is 57.5 Å². The summed E-state index contributed by atoms with van der Waals surface area (Å²) >= 11 is 0. The van der Waals surface area contributed by atoms with Gasteiger partial charge in [0.25, 0.3) is 15.7 Å². The Morgan fingerprint density at radius 1 is 1.17 bits per heavy atom. The Morgan fingerprint density at radius 3 is 2.37 bits per heavy atom. The molecule has 0 N–H and O–H groups in total. The zero-order valence-electron chi connectivity index (χ0n) is 17.9. The van der Waals surface area contributed by atoms with Crippen LogP contribution < -0.4 is 5.56 Å². The normalized spacial score (nSPS) is 12.7. The van der Waals surface area contributed by atoms with Gasteiger partial charge in [0.1, 0.15) is 0 Å². The van der Waals surface area contributed by atoms with E-state index in [1.54, 1.807) is 25.1 Å². The third kappa shape index (κ3) is 5.99. The maximum Gasteiger partial charge on any atom is 0.330 e. The third-order valence-corrected chi connectivity index (χ3v) is 5.86. The van der Waals surface area contributed by atoms with Crippen molar-refractivity contribution in [3.8, 4) is 0 Å². The highest BCUT2D eigenvalue weighted by molar-refractivity contribution is 7.86. The van der Waals surface area contributed by atoms with Crippen molar-refractivity contribution < 1.29 is 22.1 Å². The summed E-state index contributed by atoms with van der Waals surface area (Å²) in [5.74, 6) is -0.414. The molecule has 1 atom stereocenters. The Labute approximate surface area is 177 Å². The number of carbonyl (C=O) groups excluding carboxylic acids is 1. The van der Waals surface area contributed by atoms with Crippen molar-refractivity contribution in [1.29, 1.82) is 0 Å². The molecule has 1 heterocycles. The highest BCUT2D eigenvalue weighted by Gasteiger charge is 2.26. The molecular weight excluding hydrogens is 408 g/mol. The van der Waals surface area contributed by atoms with E-state index in [1.807, 2.05) is 20.8 Å². The zero-order chi connectivity index (χ0) is 22.5. The van der Waals surface area contributed by atoms with E-state index in [1.165, 1.54) is 19.2 Å². The van der Waals surface area contributed by atoms with Gasteiger partial charge < -0.3 is 4.74 Å². The van der Waals surface area contributed by atoms with Crippen LogP contribution in [0, 0.1) is 19.8 Å². The topological polar surface area (TPSA) is 105 Å². The van der Waals surface area contributed by atoms with Crippen LogP contribution in [0.4, 0.5) is 0 Å². The number of benzene rings is 1. The summed E-state index contributed by atoms with van der Waals surface area (Å²) in [6.45, 7) is 7.20. The minimum absolute atomic E-state index is 0.0740. The maximum absolute atomic E-state index is 12.6. The number of methoxy groups -OCH3 is 1. The lowest BCUT2D eigenvalue weighted by Gasteiger charge is -2.19. The van der Waals surface area contributed by atoms with Crippen molar-refractivity contribution in [3.63, 3.8) is 0 Å². The molecule has 0 unspecified atom stereocenters. The number of carbonyl (C=O) groups is 1. The molecule has 0 bridgehead atoms. The van der Waals surface area contributed by atoms with Gasteiger partial charge in [-0.1, -0.05) is 31.5 Å². The van der Waals surface area contributed by atoms with Gasteiger partial charge in [-0.15, -0.1) is 0 Å². The summed E-state index contributed by atoms with van der Waals surface area (Å²) < 4.78 is 35.7. The second-order valence-electron chi connectivity index (χ2n) is 7.58. The Hall–Kier alpha value is -2.52. The molecule has 164 valence electrons. The Balaban J connectivity index is 2.21. The van der Waals surface area contributed by atoms with E-state index in [-0.39, 0.29) is 29.4 Å². The van der Waals surface area contributed by atoms with E-state index in [9.17, 15) is 18.0 Å². The summed E-state index contributed by atoms with van der Waals surface area (Å²) in [6.07, 6.45) is 0.544. The molecule has 9 heteroatoms. The van der Waals surface area contributed by atoms with Crippen LogP contribution in [0.2, 0.25) is 0 Å². The van der Waals surface area contributed by atoms with Gasteiger partial charge >= 0.3 is 5.97 Å². The molecule has 8 nitrogen and oxygen atoms in total. The molecule has 2 aromatic rings. The Bertz CT molecular complexity index is 1040. The highest BCUT2D eigenvalue weighted by Crippen LogP contribution is 2.18. The first-order valence-electron chi connectivity index (χ1n) is 9.68. The number of ether oxygens (including phenoxy) is 1. The number of esters is 1. The number of aryl methyl sites for hydroxylation is 2. The lowest BCUT2D eigenvalue weighted by Crippen LogP contribution is -2.35. The van der Waals surface area contributed by atoms with Crippen LogP contribution in [0.15, 0.2) is 40.0 Å². The zero-order valence-corrected chi connectivity index (χ0v) is 18.7.